The van der Waals surface area contributed by atoms with Crippen molar-refractivity contribution in [3.63, 3.8) is 0 Å². The lowest BCUT2D eigenvalue weighted by Crippen LogP contribution is -2.15. The Hall–Kier alpha value is -3.05. The van der Waals surface area contributed by atoms with E-state index >= 15 is 0 Å². The number of aromatic nitrogens is 1. The molecular formula is C21H19NO4. The van der Waals surface area contributed by atoms with Gasteiger partial charge in [0.1, 0.15) is 19.0 Å². The number of hydrogen-bond donors (Lipinski definition) is 1. The van der Waals surface area contributed by atoms with Crippen molar-refractivity contribution in [2.24, 2.45) is 0 Å². The molecule has 2 aromatic carbocycles. The first kappa shape index (κ1) is 16.4. The highest BCUT2D eigenvalue weighted by molar-refractivity contribution is 5.64. The van der Waals surface area contributed by atoms with Gasteiger partial charge in [-0.05, 0) is 41.8 Å². The predicted molar refractivity (Wildman–Crippen MR) is 97.8 cm³/mol. The number of aliphatic hydroxyl groups excluding tert-OH is 1. The maximum absolute atomic E-state index is 9.63. The molecule has 0 bridgehead atoms. The van der Waals surface area contributed by atoms with Crippen LogP contribution in [0.15, 0.2) is 60.8 Å². The van der Waals surface area contributed by atoms with E-state index in [1.165, 1.54) is 0 Å². The molecule has 132 valence electrons. The van der Waals surface area contributed by atoms with Crippen LogP contribution in [0, 0.1) is 0 Å². The van der Waals surface area contributed by atoms with Crippen LogP contribution in [0.2, 0.25) is 0 Å². The summed E-state index contributed by atoms with van der Waals surface area (Å²) in [7, 11) is 0. The third-order valence-electron chi connectivity index (χ3n) is 4.20. The molecule has 0 spiro atoms. The van der Waals surface area contributed by atoms with E-state index in [0.717, 1.165) is 22.4 Å². The molecule has 1 aliphatic heterocycles. The van der Waals surface area contributed by atoms with Crippen molar-refractivity contribution in [2.45, 2.75) is 13.0 Å². The fourth-order valence-electron chi connectivity index (χ4n) is 2.81. The van der Waals surface area contributed by atoms with Crippen molar-refractivity contribution >= 4 is 0 Å². The van der Waals surface area contributed by atoms with E-state index in [9.17, 15) is 5.11 Å². The van der Waals surface area contributed by atoms with Gasteiger partial charge in [-0.3, -0.25) is 0 Å². The van der Waals surface area contributed by atoms with Gasteiger partial charge in [-0.1, -0.05) is 24.3 Å². The molecule has 2 heterocycles. The topological polar surface area (TPSA) is 60.8 Å². The van der Waals surface area contributed by atoms with Gasteiger partial charge in [-0.25, -0.2) is 4.98 Å². The molecule has 4 rings (SSSR count). The smallest absolute Gasteiger partial charge is 0.219 e. The zero-order valence-corrected chi connectivity index (χ0v) is 14.4. The maximum Gasteiger partial charge on any atom is 0.219 e. The summed E-state index contributed by atoms with van der Waals surface area (Å²) in [4.78, 5) is 4.28. The molecule has 0 saturated heterocycles. The molecule has 5 nitrogen and oxygen atoms in total. The number of pyridine rings is 1. The van der Waals surface area contributed by atoms with Crippen LogP contribution in [-0.4, -0.2) is 23.3 Å². The lowest BCUT2D eigenvalue weighted by molar-refractivity contribution is 0.171. The van der Waals surface area contributed by atoms with Crippen LogP contribution in [0.4, 0.5) is 0 Å². The fourth-order valence-corrected chi connectivity index (χ4v) is 2.81. The zero-order chi connectivity index (χ0) is 17.9. The Balaban J connectivity index is 1.56. The molecule has 0 aliphatic carbocycles. The van der Waals surface area contributed by atoms with E-state index in [1.807, 2.05) is 48.5 Å². The van der Waals surface area contributed by atoms with E-state index in [-0.39, 0.29) is 0 Å². The fraction of sp³-hybridized carbons (Fsp3) is 0.190. The molecule has 26 heavy (non-hydrogen) atoms. The number of hydrogen-bond acceptors (Lipinski definition) is 5. The number of nitrogens with zero attached hydrogens (tertiary/aromatic N) is 1. The molecule has 1 aromatic heterocycles. The van der Waals surface area contributed by atoms with Gasteiger partial charge in [0.2, 0.25) is 5.88 Å². The Morgan fingerprint density at radius 1 is 0.923 bits per heavy atom. The van der Waals surface area contributed by atoms with Crippen LogP contribution < -0.4 is 14.2 Å². The Labute approximate surface area is 151 Å². The standard InChI is InChI=1S/C21H19NO4/c1-14(23)15-2-4-16(5-3-15)17-8-9-22-21(12-17)26-18-6-7-19-20(13-18)25-11-10-24-19/h2-9,12-14,23H,10-11H2,1H3. The maximum atomic E-state index is 9.63. The third-order valence-corrected chi connectivity index (χ3v) is 4.20. The molecule has 3 aromatic rings. The molecule has 5 heteroatoms. The quantitative estimate of drug-likeness (QED) is 0.758. The summed E-state index contributed by atoms with van der Waals surface area (Å²) in [5, 5.41) is 9.63. The van der Waals surface area contributed by atoms with Gasteiger partial charge in [0.05, 0.1) is 6.10 Å². The summed E-state index contributed by atoms with van der Waals surface area (Å²) >= 11 is 0. The monoisotopic (exact) mass is 349 g/mol. The second-order valence-electron chi connectivity index (χ2n) is 6.09. The van der Waals surface area contributed by atoms with Crippen molar-refractivity contribution < 1.29 is 19.3 Å². The van der Waals surface area contributed by atoms with Crippen molar-refractivity contribution in [1.29, 1.82) is 0 Å². The summed E-state index contributed by atoms with van der Waals surface area (Å²) in [5.74, 6) is 2.55. The van der Waals surface area contributed by atoms with E-state index in [4.69, 9.17) is 14.2 Å². The second-order valence-corrected chi connectivity index (χ2v) is 6.09. The van der Waals surface area contributed by atoms with Crippen LogP contribution in [-0.2, 0) is 0 Å². The average molecular weight is 349 g/mol. The van der Waals surface area contributed by atoms with Crippen molar-refractivity contribution in [3.8, 4) is 34.3 Å². The van der Waals surface area contributed by atoms with Gasteiger partial charge in [0, 0.05) is 18.3 Å². The van der Waals surface area contributed by atoms with Crippen molar-refractivity contribution in [2.75, 3.05) is 13.2 Å². The molecular weight excluding hydrogens is 330 g/mol. The minimum atomic E-state index is -0.476. The van der Waals surface area contributed by atoms with Gasteiger partial charge in [-0.2, -0.15) is 0 Å². The Kier molecular flexibility index (Phi) is 4.46. The highest BCUT2D eigenvalue weighted by Gasteiger charge is 2.13. The summed E-state index contributed by atoms with van der Waals surface area (Å²) in [6.45, 7) is 2.85. The highest BCUT2D eigenvalue weighted by Crippen LogP contribution is 2.35. The van der Waals surface area contributed by atoms with Gasteiger partial charge in [-0.15, -0.1) is 0 Å². The Bertz CT molecular complexity index is 906. The number of aliphatic hydroxyl groups is 1. The van der Waals surface area contributed by atoms with E-state index in [0.29, 0.717) is 30.6 Å². The molecule has 1 atom stereocenters. The lowest BCUT2D eigenvalue weighted by Gasteiger charge is -2.18. The predicted octanol–water partition coefficient (Wildman–Crippen LogP) is 4.37. The van der Waals surface area contributed by atoms with Crippen LogP contribution in [0.5, 0.6) is 23.1 Å². The number of rotatable bonds is 4. The normalized spacial score (nSPS) is 13.9. The van der Waals surface area contributed by atoms with E-state index in [2.05, 4.69) is 4.98 Å². The molecule has 1 N–H and O–H groups in total. The molecule has 0 radical (unpaired) electrons. The van der Waals surface area contributed by atoms with Gasteiger partial charge in [0.25, 0.3) is 0 Å². The minimum Gasteiger partial charge on any atom is -0.486 e. The van der Waals surface area contributed by atoms with E-state index < -0.39 is 6.10 Å². The first-order valence-corrected chi connectivity index (χ1v) is 8.51. The van der Waals surface area contributed by atoms with Crippen LogP contribution in [0.25, 0.3) is 11.1 Å². The molecule has 0 amide bonds. The van der Waals surface area contributed by atoms with Crippen LogP contribution in [0.3, 0.4) is 0 Å². The summed E-state index contributed by atoms with van der Waals surface area (Å²) in [5.41, 5.74) is 2.91. The third kappa shape index (κ3) is 3.48. The number of benzene rings is 2. The Morgan fingerprint density at radius 3 is 2.46 bits per heavy atom. The van der Waals surface area contributed by atoms with Gasteiger partial charge < -0.3 is 19.3 Å². The minimum absolute atomic E-state index is 0.476. The molecule has 1 unspecified atom stereocenters. The Morgan fingerprint density at radius 2 is 1.69 bits per heavy atom. The van der Waals surface area contributed by atoms with Crippen LogP contribution >= 0.6 is 0 Å². The SMILES string of the molecule is CC(O)c1ccc(-c2ccnc(Oc3ccc4c(c3)OCCO4)c2)cc1. The summed E-state index contributed by atoms with van der Waals surface area (Å²) in [6, 6.07) is 17.1. The zero-order valence-electron chi connectivity index (χ0n) is 14.4. The number of fused-ring (bicyclic) bond motifs is 1. The number of ether oxygens (including phenoxy) is 3. The first-order chi connectivity index (χ1) is 12.7. The second kappa shape index (κ2) is 7.06. The largest absolute Gasteiger partial charge is 0.486 e. The van der Waals surface area contributed by atoms with Crippen LogP contribution in [0.1, 0.15) is 18.6 Å². The van der Waals surface area contributed by atoms with Crippen molar-refractivity contribution in [1.82, 2.24) is 4.98 Å². The highest BCUT2D eigenvalue weighted by atomic mass is 16.6. The molecule has 0 saturated carbocycles. The average Bonchev–Trinajstić information content (AvgIpc) is 2.68. The summed E-state index contributed by atoms with van der Waals surface area (Å²) in [6.07, 6.45) is 1.24. The molecule has 1 aliphatic rings. The first-order valence-electron chi connectivity index (χ1n) is 8.51. The van der Waals surface area contributed by atoms with E-state index in [1.54, 1.807) is 19.2 Å². The molecule has 0 fully saturated rings. The van der Waals surface area contributed by atoms with Gasteiger partial charge in [0.15, 0.2) is 11.5 Å². The van der Waals surface area contributed by atoms with Crippen molar-refractivity contribution in [3.05, 3.63) is 66.4 Å². The van der Waals surface area contributed by atoms with Gasteiger partial charge >= 0.3 is 0 Å². The summed E-state index contributed by atoms with van der Waals surface area (Å²) < 4.78 is 17.0. The lowest BCUT2D eigenvalue weighted by atomic mass is 10.0.